The van der Waals surface area contributed by atoms with Crippen molar-refractivity contribution >= 4 is 0 Å². The summed E-state index contributed by atoms with van der Waals surface area (Å²) < 4.78 is 13.3. The number of hydrogen-bond donors (Lipinski definition) is 2. The van der Waals surface area contributed by atoms with Crippen molar-refractivity contribution in [2.75, 3.05) is 19.6 Å². The molecule has 0 aliphatic carbocycles. The van der Waals surface area contributed by atoms with Gasteiger partial charge in [0.1, 0.15) is 18.9 Å². The van der Waals surface area contributed by atoms with Crippen molar-refractivity contribution in [2.45, 2.75) is 26.4 Å². The van der Waals surface area contributed by atoms with E-state index in [1.165, 1.54) is 11.1 Å². The molecule has 0 saturated carbocycles. The quantitative estimate of drug-likeness (QED) is 0.714. The second kappa shape index (κ2) is 4.93. The van der Waals surface area contributed by atoms with Crippen LogP contribution in [-0.4, -0.2) is 19.6 Å². The summed E-state index contributed by atoms with van der Waals surface area (Å²) in [4.78, 5) is 1.54. The molecule has 1 atom stereocenters. The Balaban J connectivity index is 2.34. The number of rotatable bonds is 3. The Bertz CT molecular complexity index is 361. The summed E-state index contributed by atoms with van der Waals surface area (Å²) in [6.07, 6.45) is 0. The SMILES string of the molecule is CC[NH+](CC)[C@@H]1C[NH2+]Cc2ccc(F)cc21. The lowest BCUT2D eigenvalue weighted by molar-refractivity contribution is -0.945. The van der Waals surface area contributed by atoms with Gasteiger partial charge in [-0.15, -0.1) is 0 Å². The third-order valence-corrected chi connectivity index (χ3v) is 3.65. The molecule has 0 radical (unpaired) electrons. The molecule has 1 aromatic rings. The maximum atomic E-state index is 13.3. The largest absolute Gasteiger partial charge is 0.337 e. The maximum Gasteiger partial charge on any atom is 0.163 e. The van der Waals surface area contributed by atoms with E-state index in [2.05, 4.69) is 19.2 Å². The fourth-order valence-corrected chi connectivity index (χ4v) is 2.74. The molecular formula is C13H21FN2+2. The Kier molecular flexibility index (Phi) is 3.56. The maximum absolute atomic E-state index is 13.3. The first-order valence-corrected chi connectivity index (χ1v) is 6.20. The average Bonchev–Trinajstić information content (AvgIpc) is 2.31. The summed E-state index contributed by atoms with van der Waals surface area (Å²) >= 11 is 0. The molecule has 0 aromatic heterocycles. The summed E-state index contributed by atoms with van der Waals surface area (Å²) in [6, 6.07) is 5.70. The van der Waals surface area contributed by atoms with E-state index < -0.39 is 0 Å². The summed E-state index contributed by atoms with van der Waals surface area (Å²) in [7, 11) is 0. The summed E-state index contributed by atoms with van der Waals surface area (Å²) in [5.41, 5.74) is 2.53. The Morgan fingerprint density at radius 2 is 2.12 bits per heavy atom. The van der Waals surface area contributed by atoms with Gasteiger partial charge in [-0.3, -0.25) is 0 Å². The predicted molar refractivity (Wildman–Crippen MR) is 61.7 cm³/mol. The van der Waals surface area contributed by atoms with Crippen LogP contribution >= 0.6 is 0 Å². The molecule has 1 aliphatic heterocycles. The molecule has 3 heteroatoms. The Morgan fingerprint density at radius 3 is 2.81 bits per heavy atom. The highest BCUT2D eigenvalue weighted by atomic mass is 19.1. The van der Waals surface area contributed by atoms with Gasteiger partial charge in [0.05, 0.1) is 13.1 Å². The first-order valence-electron chi connectivity index (χ1n) is 6.20. The van der Waals surface area contributed by atoms with Gasteiger partial charge in [-0.2, -0.15) is 0 Å². The van der Waals surface area contributed by atoms with E-state index in [1.807, 2.05) is 6.07 Å². The lowest BCUT2D eigenvalue weighted by Gasteiger charge is -2.30. The number of nitrogens with two attached hydrogens (primary N) is 1. The van der Waals surface area contributed by atoms with Crippen molar-refractivity contribution in [3.8, 4) is 0 Å². The zero-order valence-corrected chi connectivity index (χ0v) is 10.1. The standard InChI is InChI=1S/C13H19FN2/c1-3-16(4-2)13-9-15-8-10-5-6-11(14)7-12(10)13/h5-7,13,15H,3-4,8-9H2,1-2H3/p+2/t13-/m1/s1. The van der Waals surface area contributed by atoms with Crippen molar-refractivity contribution in [2.24, 2.45) is 0 Å². The lowest BCUT2D eigenvalue weighted by Crippen LogP contribution is -3.14. The van der Waals surface area contributed by atoms with E-state index >= 15 is 0 Å². The smallest absolute Gasteiger partial charge is 0.163 e. The minimum absolute atomic E-state index is 0.0998. The van der Waals surface area contributed by atoms with Crippen LogP contribution in [0.1, 0.15) is 31.0 Å². The summed E-state index contributed by atoms with van der Waals surface area (Å²) in [5, 5.41) is 2.33. The van der Waals surface area contributed by atoms with Crippen molar-refractivity contribution < 1.29 is 14.6 Å². The van der Waals surface area contributed by atoms with Crippen LogP contribution in [0.4, 0.5) is 4.39 Å². The normalized spacial score (nSPS) is 19.9. The molecule has 1 heterocycles. The van der Waals surface area contributed by atoms with Crippen LogP contribution in [0.2, 0.25) is 0 Å². The second-order valence-corrected chi connectivity index (χ2v) is 4.49. The number of hydrogen-bond acceptors (Lipinski definition) is 0. The fourth-order valence-electron chi connectivity index (χ4n) is 2.74. The number of benzene rings is 1. The van der Waals surface area contributed by atoms with Crippen molar-refractivity contribution in [1.29, 1.82) is 0 Å². The predicted octanol–water partition coefficient (Wildman–Crippen LogP) is -0.131. The van der Waals surface area contributed by atoms with Crippen LogP contribution in [0.3, 0.4) is 0 Å². The number of quaternary nitrogens is 2. The molecule has 1 aliphatic rings. The van der Waals surface area contributed by atoms with Gasteiger partial charge in [0.2, 0.25) is 0 Å². The molecule has 2 rings (SSSR count). The molecule has 88 valence electrons. The third kappa shape index (κ3) is 2.11. The van der Waals surface area contributed by atoms with Gasteiger partial charge < -0.3 is 10.2 Å². The molecule has 3 N–H and O–H groups in total. The van der Waals surface area contributed by atoms with E-state index in [1.54, 1.807) is 17.0 Å². The first-order chi connectivity index (χ1) is 7.76. The Labute approximate surface area is 96.5 Å². The number of halogens is 1. The van der Waals surface area contributed by atoms with Gasteiger partial charge in [-0.25, -0.2) is 4.39 Å². The topological polar surface area (TPSA) is 21.1 Å². The molecule has 0 saturated heterocycles. The van der Waals surface area contributed by atoms with Crippen LogP contribution in [-0.2, 0) is 6.54 Å². The van der Waals surface area contributed by atoms with E-state index in [0.29, 0.717) is 6.04 Å². The van der Waals surface area contributed by atoms with Crippen LogP contribution in [0, 0.1) is 5.82 Å². The fraction of sp³-hybridized carbons (Fsp3) is 0.538. The zero-order valence-electron chi connectivity index (χ0n) is 10.1. The van der Waals surface area contributed by atoms with Crippen LogP contribution in [0.25, 0.3) is 0 Å². The van der Waals surface area contributed by atoms with Gasteiger partial charge in [0, 0.05) is 11.1 Å². The molecule has 0 spiro atoms. The highest BCUT2D eigenvalue weighted by Gasteiger charge is 2.30. The van der Waals surface area contributed by atoms with Crippen LogP contribution in [0.15, 0.2) is 18.2 Å². The van der Waals surface area contributed by atoms with E-state index in [4.69, 9.17) is 0 Å². The van der Waals surface area contributed by atoms with Crippen molar-refractivity contribution in [3.05, 3.63) is 35.1 Å². The van der Waals surface area contributed by atoms with Crippen molar-refractivity contribution in [3.63, 3.8) is 0 Å². The molecule has 0 unspecified atom stereocenters. The van der Waals surface area contributed by atoms with E-state index in [9.17, 15) is 4.39 Å². The van der Waals surface area contributed by atoms with Crippen molar-refractivity contribution in [1.82, 2.24) is 0 Å². The number of nitrogens with one attached hydrogen (secondary N) is 1. The van der Waals surface area contributed by atoms with E-state index in [-0.39, 0.29) is 5.82 Å². The van der Waals surface area contributed by atoms with Gasteiger partial charge in [0.25, 0.3) is 0 Å². The monoisotopic (exact) mass is 224 g/mol. The van der Waals surface area contributed by atoms with Gasteiger partial charge in [0.15, 0.2) is 6.04 Å². The molecule has 16 heavy (non-hydrogen) atoms. The Morgan fingerprint density at radius 1 is 1.38 bits per heavy atom. The third-order valence-electron chi connectivity index (χ3n) is 3.65. The van der Waals surface area contributed by atoms with E-state index in [0.717, 1.165) is 26.2 Å². The minimum Gasteiger partial charge on any atom is -0.337 e. The summed E-state index contributed by atoms with van der Waals surface area (Å²) in [5.74, 6) is -0.0998. The molecule has 1 aromatic carbocycles. The number of likely N-dealkylation sites (N-methyl/N-ethyl adjacent to an activating group) is 1. The summed E-state index contributed by atoms with van der Waals surface area (Å²) in [6.45, 7) is 8.68. The van der Waals surface area contributed by atoms with Gasteiger partial charge in [-0.1, -0.05) is 0 Å². The molecular weight excluding hydrogens is 203 g/mol. The van der Waals surface area contributed by atoms with Crippen LogP contribution < -0.4 is 10.2 Å². The second-order valence-electron chi connectivity index (χ2n) is 4.49. The molecule has 0 amide bonds. The number of fused-ring (bicyclic) bond motifs is 1. The highest BCUT2D eigenvalue weighted by molar-refractivity contribution is 5.30. The lowest BCUT2D eigenvalue weighted by atomic mass is 9.95. The molecule has 0 bridgehead atoms. The van der Waals surface area contributed by atoms with Gasteiger partial charge >= 0.3 is 0 Å². The minimum atomic E-state index is -0.0998. The highest BCUT2D eigenvalue weighted by Crippen LogP contribution is 2.18. The van der Waals surface area contributed by atoms with Gasteiger partial charge in [-0.05, 0) is 32.0 Å². The molecule has 0 fully saturated rings. The average molecular weight is 224 g/mol. The zero-order chi connectivity index (χ0) is 11.5. The first kappa shape index (κ1) is 11.6. The molecule has 2 nitrogen and oxygen atoms in total. The Hall–Kier alpha value is -0.930. The van der Waals surface area contributed by atoms with Crippen LogP contribution in [0.5, 0.6) is 0 Å².